The first-order chi connectivity index (χ1) is 12.6. The molecule has 1 atom stereocenters. The fourth-order valence-electron chi connectivity index (χ4n) is 3.67. The molecule has 5 nitrogen and oxygen atoms in total. The number of phenols is 1. The van der Waals surface area contributed by atoms with E-state index in [4.69, 9.17) is 0 Å². The minimum absolute atomic E-state index is 0.0655. The fraction of sp³-hybridized carbons (Fsp3) is 0.238. The first kappa shape index (κ1) is 16.4. The zero-order valence-corrected chi connectivity index (χ0v) is 14.6. The van der Waals surface area contributed by atoms with Gasteiger partial charge in [-0.2, -0.15) is 5.10 Å². The molecule has 0 aliphatic heterocycles. The standard InChI is InChI=1S/C21H21N3O2/c1-24(20-8-4-6-14-5-2-3-7-17(14)20)21(26)19-13-18(22-23-19)15-9-11-16(25)12-10-15/h2-3,5,7,9-13,20,25H,4,6,8H2,1H3,(H,22,23)/t20-/m1/s1. The van der Waals surface area contributed by atoms with Crippen molar-refractivity contribution in [2.75, 3.05) is 7.05 Å². The Labute approximate surface area is 152 Å². The van der Waals surface area contributed by atoms with Crippen LogP contribution >= 0.6 is 0 Å². The number of benzene rings is 2. The Balaban J connectivity index is 1.58. The molecule has 0 saturated carbocycles. The molecule has 5 heteroatoms. The number of carbonyl (C=O) groups is 1. The zero-order valence-electron chi connectivity index (χ0n) is 14.6. The normalized spacial score (nSPS) is 16.1. The van der Waals surface area contributed by atoms with Gasteiger partial charge in [-0.25, -0.2) is 0 Å². The monoisotopic (exact) mass is 347 g/mol. The van der Waals surface area contributed by atoms with Crippen molar-refractivity contribution in [3.8, 4) is 17.0 Å². The maximum Gasteiger partial charge on any atom is 0.272 e. The van der Waals surface area contributed by atoms with Gasteiger partial charge in [0, 0.05) is 12.6 Å². The number of carbonyl (C=O) groups excluding carboxylic acids is 1. The number of aromatic amines is 1. The van der Waals surface area contributed by atoms with Gasteiger partial charge in [-0.15, -0.1) is 0 Å². The van der Waals surface area contributed by atoms with Crippen molar-refractivity contribution >= 4 is 5.91 Å². The van der Waals surface area contributed by atoms with Gasteiger partial charge in [0.15, 0.2) is 0 Å². The summed E-state index contributed by atoms with van der Waals surface area (Å²) in [5.74, 6) is 0.139. The maximum atomic E-state index is 13.0. The lowest BCUT2D eigenvalue weighted by Gasteiger charge is -2.33. The van der Waals surface area contributed by atoms with Gasteiger partial charge >= 0.3 is 0 Å². The SMILES string of the molecule is CN(C(=O)c1cc(-c2ccc(O)cc2)n[nH]1)[C@@H]1CCCc2ccccc21. The van der Waals surface area contributed by atoms with Crippen molar-refractivity contribution in [1.29, 1.82) is 0 Å². The van der Waals surface area contributed by atoms with Gasteiger partial charge in [0.05, 0.1) is 11.7 Å². The first-order valence-corrected chi connectivity index (χ1v) is 8.83. The molecule has 26 heavy (non-hydrogen) atoms. The van der Waals surface area contributed by atoms with E-state index in [2.05, 4.69) is 28.4 Å². The number of rotatable bonds is 3. The Morgan fingerprint density at radius 1 is 1.19 bits per heavy atom. The predicted molar refractivity (Wildman–Crippen MR) is 99.9 cm³/mol. The van der Waals surface area contributed by atoms with E-state index in [1.807, 2.05) is 18.0 Å². The number of nitrogens with zero attached hydrogens (tertiary/aromatic N) is 2. The summed E-state index contributed by atoms with van der Waals surface area (Å²) in [7, 11) is 1.86. The highest BCUT2D eigenvalue weighted by molar-refractivity contribution is 5.93. The van der Waals surface area contributed by atoms with Gasteiger partial charge in [-0.1, -0.05) is 24.3 Å². The van der Waals surface area contributed by atoms with Gasteiger partial charge in [0.25, 0.3) is 5.91 Å². The van der Waals surface area contributed by atoms with Crippen LogP contribution in [0.15, 0.2) is 54.6 Å². The molecule has 0 fully saturated rings. The van der Waals surface area contributed by atoms with E-state index in [1.54, 1.807) is 30.3 Å². The Morgan fingerprint density at radius 2 is 1.96 bits per heavy atom. The van der Waals surface area contributed by atoms with E-state index < -0.39 is 0 Å². The Hall–Kier alpha value is -3.08. The molecule has 2 N–H and O–H groups in total. The lowest BCUT2D eigenvalue weighted by Crippen LogP contribution is -2.33. The quantitative estimate of drug-likeness (QED) is 0.754. The number of aryl methyl sites for hydroxylation is 1. The van der Waals surface area contributed by atoms with E-state index in [0.29, 0.717) is 11.4 Å². The summed E-state index contributed by atoms with van der Waals surface area (Å²) in [4.78, 5) is 14.8. The largest absolute Gasteiger partial charge is 0.508 e. The third-order valence-corrected chi connectivity index (χ3v) is 5.10. The number of aromatic hydroxyl groups is 1. The molecule has 3 aromatic rings. The van der Waals surface area contributed by atoms with E-state index in [9.17, 15) is 9.90 Å². The molecule has 1 aliphatic rings. The van der Waals surface area contributed by atoms with E-state index in [1.165, 1.54) is 11.1 Å². The van der Waals surface area contributed by atoms with Crippen LogP contribution in [0.1, 0.15) is 40.5 Å². The van der Waals surface area contributed by atoms with Crippen molar-refractivity contribution in [3.63, 3.8) is 0 Å². The molecule has 0 saturated heterocycles. The van der Waals surface area contributed by atoms with Gasteiger partial charge in [-0.05, 0) is 60.7 Å². The summed E-state index contributed by atoms with van der Waals surface area (Å²) in [5.41, 5.74) is 4.58. The van der Waals surface area contributed by atoms with Crippen LogP contribution in [0.4, 0.5) is 0 Å². The van der Waals surface area contributed by atoms with E-state index in [-0.39, 0.29) is 17.7 Å². The van der Waals surface area contributed by atoms with Crippen molar-refractivity contribution in [2.24, 2.45) is 0 Å². The lowest BCUT2D eigenvalue weighted by atomic mass is 9.87. The Kier molecular flexibility index (Phi) is 4.21. The van der Waals surface area contributed by atoms with Crippen LogP contribution in [-0.2, 0) is 6.42 Å². The van der Waals surface area contributed by atoms with Crippen molar-refractivity contribution in [2.45, 2.75) is 25.3 Å². The van der Waals surface area contributed by atoms with Crippen LogP contribution in [0.25, 0.3) is 11.3 Å². The van der Waals surface area contributed by atoms with Crippen molar-refractivity contribution < 1.29 is 9.90 Å². The molecule has 1 aromatic heterocycles. The minimum Gasteiger partial charge on any atom is -0.508 e. The zero-order chi connectivity index (χ0) is 18.1. The molecule has 0 unspecified atom stereocenters. The number of nitrogens with one attached hydrogen (secondary N) is 1. The smallest absolute Gasteiger partial charge is 0.272 e. The average molecular weight is 347 g/mol. The summed E-state index contributed by atoms with van der Waals surface area (Å²) < 4.78 is 0. The van der Waals surface area contributed by atoms with Gasteiger partial charge in [0.2, 0.25) is 0 Å². The molecular weight excluding hydrogens is 326 g/mol. The molecule has 1 aliphatic carbocycles. The predicted octanol–water partition coefficient (Wildman–Crippen LogP) is 3.93. The Bertz CT molecular complexity index is 930. The van der Waals surface area contributed by atoms with Gasteiger partial charge in [-0.3, -0.25) is 9.89 Å². The van der Waals surface area contributed by atoms with Crippen LogP contribution in [0.3, 0.4) is 0 Å². The molecule has 1 heterocycles. The topological polar surface area (TPSA) is 69.2 Å². The van der Waals surface area contributed by atoms with Crippen molar-refractivity contribution in [1.82, 2.24) is 15.1 Å². The number of phenolic OH excluding ortho intramolecular Hbond substituents is 1. The highest BCUT2D eigenvalue weighted by atomic mass is 16.3. The second-order valence-electron chi connectivity index (χ2n) is 6.74. The molecular formula is C21H21N3O2. The average Bonchev–Trinajstić information content (AvgIpc) is 3.17. The minimum atomic E-state index is -0.0655. The van der Waals surface area contributed by atoms with Crippen LogP contribution < -0.4 is 0 Å². The first-order valence-electron chi connectivity index (χ1n) is 8.83. The van der Waals surface area contributed by atoms with Gasteiger partial charge in [0.1, 0.15) is 11.4 Å². The van der Waals surface area contributed by atoms with Crippen LogP contribution in [0.5, 0.6) is 5.75 Å². The summed E-state index contributed by atoms with van der Waals surface area (Å²) in [5, 5.41) is 16.5. The maximum absolute atomic E-state index is 13.0. The van der Waals surface area contributed by atoms with Crippen LogP contribution in [-0.4, -0.2) is 33.2 Å². The van der Waals surface area contributed by atoms with Crippen LogP contribution in [0, 0.1) is 0 Å². The molecule has 2 aromatic carbocycles. The van der Waals surface area contributed by atoms with E-state index in [0.717, 1.165) is 24.8 Å². The number of fused-ring (bicyclic) bond motifs is 1. The van der Waals surface area contributed by atoms with Gasteiger partial charge < -0.3 is 10.0 Å². The van der Waals surface area contributed by atoms with E-state index >= 15 is 0 Å². The number of amides is 1. The molecule has 0 radical (unpaired) electrons. The molecule has 0 spiro atoms. The molecule has 0 bridgehead atoms. The third kappa shape index (κ3) is 2.96. The third-order valence-electron chi connectivity index (χ3n) is 5.10. The fourth-order valence-corrected chi connectivity index (χ4v) is 3.67. The summed E-state index contributed by atoms with van der Waals surface area (Å²) >= 11 is 0. The Morgan fingerprint density at radius 3 is 2.77 bits per heavy atom. The number of aromatic nitrogens is 2. The second-order valence-corrected chi connectivity index (χ2v) is 6.74. The number of H-pyrrole nitrogens is 1. The van der Waals surface area contributed by atoms with Crippen molar-refractivity contribution in [3.05, 3.63) is 71.4 Å². The number of hydrogen-bond donors (Lipinski definition) is 2. The summed E-state index contributed by atoms with van der Waals surface area (Å²) in [6, 6.07) is 17.0. The summed E-state index contributed by atoms with van der Waals surface area (Å²) in [6.07, 6.45) is 3.13. The number of hydrogen-bond acceptors (Lipinski definition) is 3. The summed E-state index contributed by atoms with van der Waals surface area (Å²) in [6.45, 7) is 0. The molecule has 4 rings (SSSR count). The second kappa shape index (κ2) is 6.67. The van der Waals surface area contributed by atoms with Crippen LogP contribution in [0.2, 0.25) is 0 Å². The molecule has 1 amide bonds. The lowest BCUT2D eigenvalue weighted by molar-refractivity contribution is 0.0709. The highest BCUT2D eigenvalue weighted by Crippen LogP contribution is 2.34. The molecule has 132 valence electrons. The highest BCUT2D eigenvalue weighted by Gasteiger charge is 2.28.